The molecule has 1 unspecified atom stereocenters. The summed E-state index contributed by atoms with van der Waals surface area (Å²) >= 11 is 0. The van der Waals surface area contributed by atoms with Crippen LogP contribution in [0.2, 0.25) is 0 Å². The molecule has 3 aromatic carbocycles. The second-order valence-corrected chi connectivity index (χ2v) is 10.5. The smallest absolute Gasteiger partial charge is 0.338 e. The molecule has 3 aromatic rings. The number of anilines is 1. The first-order chi connectivity index (χ1) is 19.0. The van der Waals surface area contributed by atoms with Gasteiger partial charge in [0.1, 0.15) is 0 Å². The number of fused-ring (bicyclic) bond motifs is 3. The number of imide groups is 1. The Morgan fingerprint density at radius 2 is 1.49 bits per heavy atom. The van der Waals surface area contributed by atoms with Crippen LogP contribution in [-0.2, 0) is 20.7 Å². The van der Waals surface area contributed by atoms with Crippen LogP contribution in [0.25, 0.3) is 11.1 Å². The fraction of sp³-hybridized carbons (Fsp3) is 0.312. The fourth-order valence-corrected chi connectivity index (χ4v) is 5.94. The van der Waals surface area contributed by atoms with Gasteiger partial charge in [0.05, 0.1) is 23.7 Å². The molecule has 0 spiro atoms. The first kappa shape index (κ1) is 25.2. The largest absolute Gasteiger partial charge is 0.454 e. The van der Waals surface area contributed by atoms with Gasteiger partial charge in [0.2, 0.25) is 5.91 Å². The van der Waals surface area contributed by atoms with Gasteiger partial charge in [-0.25, -0.2) is 9.69 Å². The van der Waals surface area contributed by atoms with Gasteiger partial charge in [-0.2, -0.15) is 0 Å². The lowest BCUT2D eigenvalue weighted by Gasteiger charge is -2.25. The molecule has 2 fully saturated rings. The Hall–Kier alpha value is -4.10. The number of nitrogens with zero attached hydrogens (tertiary/aromatic N) is 2. The average Bonchev–Trinajstić information content (AvgIpc) is 3.33. The first-order valence-electron chi connectivity index (χ1n) is 13.6. The van der Waals surface area contributed by atoms with Crippen molar-refractivity contribution in [3.8, 4) is 11.1 Å². The maximum Gasteiger partial charge on any atom is 0.338 e. The molecule has 0 bridgehead atoms. The molecule has 198 valence electrons. The highest BCUT2D eigenvalue weighted by Gasteiger charge is 2.42. The molecule has 0 N–H and O–H groups in total. The number of likely N-dealkylation sites (tertiary alicyclic amines) is 1. The predicted molar refractivity (Wildman–Crippen MR) is 147 cm³/mol. The summed E-state index contributed by atoms with van der Waals surface area (Å²) in [4.78, 5) is 54.6. The van der Waals surface area contributed by atoms with E-state index in [2.05, 4.69) is 17.0 Å². The number of amides is 2. The second-order valence-electron chi connectivity index (χ2n) is 10.5. The van der Waals surface area contributed by atoms with Crippen molar-refractivity contribution in [2.45, 2.75) is 44.6 Å². The zero-order valence-corrected chi connectivity index (χ0v) is 21.7. The van der Waals surface area contributed by atoms with Gasteiger partial charge in [0, 0.05) is 5.56 Å². The van der Waals surface area contributed by atoms with Crippen molar-refractivity contribution in [3.63, 3.8) is 0 Å². The third kappa shape index (κ3) is 4.90. The van der Waals surface area contributed by atoms with E-state index in [0.717, 1.165) is 56.3 Å². The quantitative estimate of drug-likeness (QED) is 0.205. The van der Waals surface area contributed by atoms with E-state index in [1.165, 1.54) is 28.2 Å². The third-order valence-corrected chi connectivity index (χ3v) is 8.02. The SMILES string of the molecule is O=C(COC(=O)c1ccc(N2C(=O)CC(N3CCCCCC3)C2=O)cc1)c1ccc2c(c1)Cc1ccccc1-2. The van der Waals surface area contributed by atoms with Gasteiger partial charge < -0.3 is 4.74 Å². The molecule has 2 aliphatic heterocycles. The van der Waals surface area contributed by atoms with Gasteiger partial charge in [-0.15, -0.1) is 0 Å². The number of hydrogen-bond donors (Lipinski definition) is 0. The second kappa shape index (κ2) is 10.6. The van der Waals surface area contributed by atoms with Crippen LogP contribution in [0.15, 0.2) is 66.7 Å². The summed E-state index contributed by atoms with van der Waals surface area (Å²) < 4.78 is 5.30. The molecule has 7 heteroatoms. The van der Waals surface area contributed by atoms with Crippen LogP contribution in [0, 0.1) is 0 Å². The summed E-state index contributed by atoms with van der Waals surface area (Å²) in [6.07, 6.45) is 5.34. The fourth-order valence-electron chi connectivity index (χ4n) is 5.94. The number of rotatable bonds is 6. The van der Waals surface area contributed by atoms with Crippen LogP contribution in [0.1, 0.15) is 63.9 Å². The van der Waals surface area contributed by atoms with E-state index in [-0.39, 0.29) is 36.2 Å². The number of ketones is 1. The predicted octanol–water partition coefficient (Wildman–Crippen LogP) is 4.81. The molecular weight excluding hydrogens is 492 g/mol. The van der Waals surface area contributed by atoms with Gasteiger partial charge in [-0.1, -0.05) is 49.2 Å². The van der Waals surface area contributed by atoms with Crippen LogP contribution in [0.3, 0.4) is 0 Å². The van der Waals surface area contributed by atoms with E-state index in [1.54, 1.807) is 18.2 Å². The molecular formula is C32H30N2O5. The molecule has 1 aliphatic carbocycles. The van der Waals surface area contributed by atoms with Crippen LogP contribution < -0.4 is 4.90 Å². The van der Waals surface area contributed by atoms with Crippen molar-refractivity contribution >= 4 is 29.3 Å². The Morgan fingerprint density at radius 3 is 2.26 bits per heavy atom. The number of ether oxygens (including phenoxy) is 1. The zero-order chi connectivity index (χ0) is 26.9. The summed E-state index contributed by atoms with van der Waals surface area (Å²) in [6, 6.07) is 19.6. The lowest BCUT2D eigenvalue weighted by Crippen LogP contribution is -2.42. The summed E-state index contributed by atoms with van der Waals surface area (Å²) in [5.74, 6) is -1.34. The van der Waals surface area contributed by atoms with Gasteiger partial charge in [0.15, 0.2) is 12.4 Å². The summed E-state index contributed by atoms with van der Waals surface area (Å²) in [7, 11) is 0. The molecule has 2 heterocycles. The summed E-state index contributed by atoms with van der Waals surface area (Å²) in [5, 5.41) is 0. The van der Waals surface area contributed by atoms with Gasteiger partial charge in [-0.3, -0.25) is 19.3 Å². The van der Waals surface area contributed by atoms with Crippen LogP contribution >= 0.6 is 0 Å². The number of carbonyl (C=O) groups is 4. The number of Topliss-reactive ketones (excluding diaryl/α,β-unsaturated/α-hetero) is 1. The van der Waals surface area contributed by atoms with E-state index in [0.29, 0.717) is 11.3 Å². The number of carbonyl (C=O) groups excluding carboxylic acids is 4. The number of esters is 1. The topological polar surface area (TPSA) is 84.0 Å². The minimum atomic E-state index is -0.634. The highest BCUT2D eigenvalue weighted by Crippen LogP contribution is 2.36. The minimum Gasteiger partial charge on any atom is -0.454 e. The number of benzene rings is 3. The van der Waals surface area contributed by atoms with Crippen molar-refractivity contribution in [2.24, 2.45) is 0 Å². The highest BCUT2D eigenvalue weighted by molar-refractivity contribution is 6.22. The number of hydrogen-bond acceptors (Lipinski definition) is 6. The molecule has 2 amide bonds. The molecule has 0 saturated carbocycles. The standard InChI is InChI=1S/C32H30N2O5/c35-29(23-11-14-27-24(18-23)17-22-7-3-4-8-26(22)27)20-39-32(38)21-9-12-25(13-10-21)34-30(36)19-28(31(34)37)33-15-5-1-2-6-16-33/h3-4,7-14,18,28H,1-2,5-6,15-17,19-20H2. The minimum absolute atomic E-state index is 0.180. The molecule has 0 aromatic heterocycles. The van der Waals surface area contributed by atoms with Crippen LogP contribution in [0.4, 0.5) is 5.69 Å². The Labute approximate surface area is 227 Å². The normalized spacial score (nSPS) is 19.0. The van der Waals surface area contributed by atoms with Crippen molar-refractivity contribution in [2.75, 3.05) is 24.6 Å². The lowest BCUT2D eigenvalue weighted by atomic mass is 10.0. The van der Waals surface area contributed by atoms with Crippen LogP contribution in [-0.4, -0.2) is 54.2 Å². The van der Waals surface area contributed by atoms with Crippen molar-refractivity contribution < 1.29 is 23.9 Å². The van der Waals surface area contributed by atoms with E-state index in [1.807, 2.05) is 24.3 Å². The zero-order valence-electron chi connectivity index (χ0n) is 21.7. The molecule has 1 atom stereocenters. The van der Waals surface area contributed by atoms with Crippen molar-refractivity contribution in [3.05, 3.63) is 89.0 Å². The summed E-state index contributed by atoms with van der Waals surface area (Å²) in [5.41, 5.74) is 5.85. The summed E-state index contributed by atoms with van der Waals surface area (Å²) in [6.45, 7) is 1.30. The van der Waals surface area contributed by atoms with Crippen molar-refractivity contribution in [1.82, 2.24) is 4.90 Å². The highest BCUT2D eigenvalue weighted by atomic mass is 16.5. The Balaban J connectivity index is 1.07. The van der Waals surface area contributed by atoms with E-state index in [9.17, 15) is 19.2 Å². The first-order valence-corrected chi connectivity index (χ1v) is 13.6. The molecule has 2 saturated heterocycles. The van der Waals surface area contributed by atoms with E-state index in [4.69, 9.17) is 4.74 Å². The molecule has 0 radical (unpaired) electrons. The maximum atomic E-state index is 13.1. The van der Waals surface area contributed by atoms with E-state index < -0.39 is 12.0 Å². The van der Waals surface area contributed by atoms with Gasteiger partial charge >= 0.3 is 5.97 Å². The maximum absolute atomic E-state index is 13.1. The molecule has 6 rings (SSSR count). The monoisotopic (exact) mass is 522 g/mol. The van der Waals surface area contributed by atoms with Gasteiger partial charge in [-0.05, 0) is 84.9 Å². The Bertz CT molecular complexity index is 1450. The van der Waals surface area contributed by atoms with E-state index >= 15 is 0 Å². The molecule has 39 heavy (non-hydrogen) atoms. The lowest BCUT2D eigenvalue weighted by molar-refractivity contribution is -0.122. The van der Waals surface area contributed by atoms with Crippen LogP contribution in [0.5, 0.6) is 0 Å². The Kier molecular flexibility index (Phi) is 6.83. The van der Waals surface area contributed by atoms with Gasteiger partial charge in [0.25, 0.3) is 5.91 Å². The van der Waals surface area contributed by atoms with Crippen molar-refractivity contribution in [1.29, 1.82) is 0 Å². The third-order valence-electron chi connectivity index (χ3n) is 8.02. The average molecular weight is 523 g/mol. The molecule has 3 aliphatic rings. The molecule has 7 nitrogen and oxygen atoms in total. The Morgan fingerprint density at radius 1 is 0.795 bits per heavy atom.